The van der Waals surface area contributed by atoms with Gasteiger partial charge in [-0.25, -0.2) is 4.79 Å². The van der Waals surface area contributed by atoms with Crippen molar-refractivity contribution in [3.8, 4) is 10.7 Å². The quantitative estimate of drug-likeness (QED) is 0.355. The van der Waals surface area contributed by atoms with Crippen molar-refractivity contribution in [3.63, 3.8) is 0 Å². The molecule has 0 aromatic carbocycles. The molecule has 0 aliphatic carbocycles. The predicted molar refractivity (Wildman–Crippen MR) is 122 cm³/mol. The maximum atomic E-state index is 12.6. The van der Waals surface area contributed by atoms with E-state index in [2.05, 4.69) is 22.4 Å². The molecule has 9 nitrogen and oxygen atoms in total. The normalized spacial score (nSPS) is 10.8. The van der Waals surface area contributed by atoms with E-state index in [0.29, 0.717) is 10.7 Å². The molecule has 0 saturated heterocycles. The zero-order valence-corrected chi connectivity index (χ0v) is 19.6. The molecule has 0 saturated carbocycles. The maximum absolute atomic E-state index is 12.6. The van der Waals surface area contributed by atoms with Crippen molar-refractivity contribution in [2.45, 2.75) is 32.0 Å². The molecule has 0 unspecified atom stereocenters. The maximum Gasteiger partial charge on any atom is 0.341 e. The summed E-state index contributed by atoms with van der Waals surface area (Å²) in [4.78, 5) is 37.6. The summed E-state index contributed by atoms with van der Waals surface area (Å²) in [7, 11) is 1.23. The number of carbonyl (C=O) groups excluding carboxylic acids is 3. The molecule has 12 heteroatoms. The smallest absolute Gasteiger partial charge is 0.341 e. The number of carbonyl (C=O) groups is 3. The van der Waals surface area contributed by atoms with Crippen LogP contribution in [-0.4, -0.2) is 45.4 Å². The first-order chi connectivity index (χ1) is 14.9. The average Bonchev–Trinajstić information content (AvgIpc) is 3.46. The number of ether oxygens (including phenoxy) is 1. The zero-order valence-electron chi connectivity index (χ0n) is 17.1. The van der Waals surface area contributed by atoms with Gasteiger partial charge in [0.1, 0.15) is 5.00 Å². The lowest BCUT2D eigenvalue weighted by Gasteiger charge is -2.08. The second-order valence-electron chi connectivity index (χ2n) is 6.39. The van der Waals surface area contributed by atoms with Crippen LogP contribution in [-0.2, 0) is 16.1 Å². The van der Waals surface area contributed by atoms with Crippen LogP contribution in [0.25, 0.3) is 10.7 Å². The van der Waals surface area contributed by atoms with Crippen molar-refractivity contribution in [2.24, 2.45) is 5.73 Å². The van der Waals surface area contributed by atoms with Gasteiger partial charge in [0.25, 0.3) is 5.91 Å². The highest BCUT2D eigenvalue weighted by atomic mass is 32.2. The van der Waals surface area contributed by atoms with Crippen LogP contribution in [0.4, 0.5) is 5.00 Å². The Kier molecular flexibility index (Phi) is 7.46. The number of esters is 1. The van der Waals surface area contributed by atoms with Gasteiger partial charge in [0.15, 0.2) is 11.0 Å². The van der Waals surface area contributed by atoms with Crippen molar-refractivity contribution in [3.05, 3.63) is 33.5 Å². The van der Waals surface area contributed by atoms with Crippen LogP contribution in [0.1, 0.15) is 38.9 Å². The van der Waals surface area contributed by atoms with Crippen molar-refractivity contribution >= 4 is 57.2 Å². The Morgan fingerprint density at radius 3 is 2.71 bits per heavy atom. The van der Waals surface area contributed by atoms with Gasteiger partial charge in [-0.05, 0) is 30.4 Å². The first-order valence-corrected chi connectivity index (χ1v) is 12.0. The largest absolute Gasteiger partial charge is 0.465 e. The summed E-state index contributed by atoms with van der Waals surface area (Å²) in [5.74, 6) is -0.844. The average molecular weight is 480 g/mol. The number of hydrogen-bond donors (Lipinski definition) is 2. The van der Waals surface area contributed by atoms with E-state index in [9.17, 15) is 14.4 Å². The summed E-state index contributed by atoms with van der Waals surface area (Å²) in [6.07, 6.45) is 0.892. The number of thioether (sulfide) groups is 1. The molecular weight excluding hydrogens is 458 g/mol. The van der Waals surface area contributed by atoms with Gasteiger partial charge in [0.05, 0.1) is 28.2 Å². The SMILES string of the molecule is CCCn1c(SCC(=O)Nc2sc(C(N)=O)c(C)c2C(=O)OC)nnc1-c1cccs1. The molecular formula is C19H21N5O4S3. The number of primary amides is 1. The van der Waals surface area contributed by atoms with Gasteiger partial charge in [-0.3, -0.25) is 9.59 Å². The van der Waals surface area contributed by atoms with Crippen molar-refractivity contribution in [2.75, 3.05) is 18.2 Å². The van der Waals surface area contributed by atoms with Crippen molar-refractivity contribution in [1.82, 2.24) is 14.8 Å². The van der Waals surface area contributed by atoms with Gasteiger partial charge in [0.2, 0.25) is 5.91 Å². The molecule has 0 fully saturated rings. The molecule has 3 rings (SSSR count). The van der Waals surface area contributed by atoms with E-state index in [4.69, 9.17) is 10.5 Å². The fourth-order valence-electron chi connectivity index (χ4n) is 2.89. The molecule has 0 aliphatic rings. The van der Waals surface area contributed by atoms with E-state index in [1.54, 1.807) is 18.3 Å². The highest BCUT2D eigenvalue weighted by molar-refractivity contribution is 7.99. The molecule has 3 aromatic rings. The second-order valence-corrected chi connectivity index (χ2v) is 9.30. The Labute approximate surface area is 191 Å². The van der Waals surface area contributed by atoms with Crippen LogP contribution in [0.2, 0.25) is 0 Å². The van der Waals surface area contributed by atoms with Crippen LogP contribution >= 0.6 is 34.4 Å². The van der Waals surface area contributed by atoms with E-state index < -0.39 is 11.9 Å². The van der Waals surface area contributed by atoms with Crippen LogP contribution in [0.15, 0.2) is 22.7 Å². The molecule has 164 valence electrons. The lowest BCUT2D eigenvalue weighted by atomic mass is 10.1. The minimum absolute atomic E-state index is 0.0513. The summed E-state index contributed by atoms with van der Waals surface area (Å²) in [5.41, 5.74) is 5.89. The topological polar surface area (TPSA) is 129 Å². The monoisotopic (exact) mass is 479 g/mol. The molecule has 3 heterocycles. The van der Waals surface area contributed by atoms with Crippen molar-refractivity contribution < 1.29 is 19.1 Å². The van der Waals surface area contributed by atoms with Crippen molar-refractivity contribution in [1.29, 1.82) is 0 Å². The molecule has 31 heavy (non-hydrogen) atoms. The van der Waals surface area contributed by atoms with Gasteiger partial charge >= 0.3 is 5.97 Å². The number of amides is 2. The van der Waals surface area contributed by atoms with Crippen LogP contribution in [0, 0.1) is 6.92 Å². The zero-order chi connectivity index (χ0) is 22.5. The number of rotatable bonds is 9. The van der Waals surface area contributed by atoms with E-state index >= 15 is 0 Å². The summed E-state index contributed by atoms with van der Waals surface area (Å²) >= 11 is 3.78. The van der Waals surface area contributed by atoms with Gasteiger partial charge in [-0.15, -0.1) is 32.9 Å². The van der Waals surface area contributed by atoms with Gasteiger partial charge in [-0.1, -0.05) is 24.8 Å². The van der Waals surface area contributed by atoms with Crippen LogP contribution in [0.5, 0.6) is 0 Å². The third-order valence-corrected chi connectivity index (χ3v) is 7.31. The summed E-state index contributed by atoms with van der Waals surface area (Å²) in [6, 6.07) is 3.93. The fraction of sp³-hybridized carbons (Fsp3) is 0.316. The number of methoxy groups -OCH3 is 1. The van der Waals surface area contributed by atoms with E-state index in [0.717, 1.165) is 35.0 Å². The fourth-order valence-corrected chi connectivity index (χ4v) is 5.43. The molecule has 0 radical (unpaired) electrons. The number of nitrogens with zero attached hydrogens (tertiary/aromatic N) is 3. The molecule has 0 bridgehead atoms. The van der Waals surface area contributed by atoms with E-state index in [1.165, 1.54) is 18.9 Å². The number of aromatic nitrogens is 3. The first kappa shape index (κ1) is 23.0. The standard InChI is InChI=1S/C19H21N5O4S3/c1-4-7-24-16(11-6-5-8-29-11)22-23-19(24)30-9-12(25)21-17-13(18(27)28-3)10(2)14(31-17)15(20)26/h5-6,8H,4,7,9H2,1-3H3,(H2,20,26)(H,21,25). The molecule has 0 spiro atoms. The predicted octanol–water partition coefficient (Wildman–Crippen LogP) is 3.40. The highest BCUT2D eigenvalue weighted by Gasteiger charge is 2.25. The Morgan fingerprint density at radius 2 is 2.10 bits per heavy atom. The number of anilines is 1. The number of hydrogen-bond acceptors (Lipinski definition) is 9. The minimum Gasteiger partial charge on any atom is -0.465 e. The van der Waals surface area contributed by atoms with Crippen LogP contribution < -0.4 is 11.1 Å². The Balaban J connectivity index is 1.76. The molecule has 0 atom stereocenters. The second kappa shape index (κ2) is 10.1. The van der Waals surface area contributed by atoms with E-state index in [1.807, 2.05) is 22.1 Å². The van der Waals surface area contributed by atoms with Gasteiger partial charge < -0.3 is 20.4 Å². The Bertz CT molecular complexity index is 1100. The number of nitrogens with one attached hydrogen (secondary N) is 1. The minimum atomic E-state index is -0.670. The summed E-state index contributed by atoms with van der Waals surface area (Å²) in [6.45, 7) is 4.37. The van der Waals surface area contributed by atoms with Gasteiger partial charge in [0, 0.05) is 6.54 Å². The molecule has 3 aromatic heterocycles. The summed E-state index contributed by atoms with van der Waals surface area (Å²) in [5, 5.41) is 14.1. The van der Waals surface area contributed by atoms with Gasteiger partial charge in [-0.2, -0.15) is 0 Å². The lowest BCUT2D eigenvalue weighted by Crippen LogP contribution is -2.16. The molecule has 3 N–H and O–H groups in total. The third kappa shape index (κ3) is 4.97. The third-order valence-electron chi connectivity index (χ3n) is 4.25. The number of nitrogens with two attached hydrogens (primary N) is 1. The first-order valence-electron chi connectivity index (χ1n) is 9.28. The number of thiophene rings is 2. The Hall–Kier alpha value is -2.70. The van der Waals surface area contributed by atoms with E-state index in [-0.39, 0.29) is 27.1 Å². The molecule has 2 amide bonds. The lowest BCUT2D eigenvalue weighted by molar-refractivity contribution is -0.113. The highest BCUT2D eigenvalue weighted by Crippen LogP contribution is 2.34. The van der Waals surface area contributed by atoms with Crippen LogP contribution in [0.3, 0.4) is 0 Å². The Morgan fingerprint density at radius 1 is 1.32 bits per heavy atom. The molecule has 0 aliphatic heterocycles. The summed E-state index contributed by atoms with van der Waals surface area (Å²) < 4.78 is 6.77.